The summed E-state index contributed by atoms with van der Waals surface area (Å²) in [6, 6.07) is 18.6. The van der Waals surface area contributed by atoms with Crippen molar-refractivity contribution in [1.82, 2.24) is 4.90 Å². The molecule has 1 heterocycles. The molecule has 0 fully saturated rings. The van der Waals surface area contributed by atoms with Gasteiger partial charge in [-0.1, -0.05) is 36.4 Å². The van der Waals surface area contributed by atoms with Gasteiger partial charge in [-0.2, -0.15) is 5.26 Å². The van der Waals surface area contributed by atoms with Gasteiger partial charge in [0.2, 0.25) is 0 Å². The molecule has 3 rings (SSSR count). The average molecular weight is 234 g/mol. The van der Waals surface area contributed by atoms with E-state index in [1.54, 1.807) is 0 Å². The van der Waals surface area contributed by atoms with Crippen LogP contribution in [0.1, 0.15) is 22.3 Å². The van der Waals surface area contributed by atoms with Gasteiger partial charge in [-0.3, -0.25) is 4.90 Å². The van der Waals surface area contributed by atoms with E-state index in [0.29, 0.717) is 0 Å². The molecule has 2 heteroatoms. The molecule has 0 saturated carbocycles. The largest absolute Gasteiger partial charge is 0.291 e. The first-order valence-corrected chi connectivity index (χ1v) is 6.13. The summed E-state index contributed by atoms with van der Waals surface area (Å²) in [4.78, 5) is 2.40. The molecule has 0 atom stereocenters. The van der Waals surface area contributed by atoms with Gasteiger partial charge in [-0.05, 0) is 28.8 Å². The highest BCUT2D eigenvalue weighted by Gasteiger charge is 2.17. The third-order valence-electron chi connectivity index (χ3n) is 3.37. The Morgan fingerprint density at radius 2 is 1.72 bits per heavy atom. The highest BCUT2D eigenvalue weighted by atomic mass is 15.1. The minimum absolute atomic E-state index is 0.740. The van der Waals surface area contributed by atoms with Crippen LogP contribution in [0.25, 0.3) is 0 Å². The topological polar surface area (TPSA) is 27.0 Å². The van der Waals surface area contributed by atoms with Gasteiger partial charge in [-0.15, -0.1) is 0 Å². The SMILES string of the molecule is N#Cc1cccc(CN2Cc3ccccc3C2)c1. The third kappa shape index (κ3) is 2.13. The molecule has 0 radical (unpaired) electrons. The number of fused-ring (bicyclic) bond motifs is 1. The summed E-state index contributed by atoms with van der Waals surface area (Å²) in [7, 11) is 0. The van der Waals surface area contributed by atoms with Crippen LogP contribution >= 0.6 is 0 Å². The molecule has 2 aromatic carbocycles. The standard InChI is InChI=1S/C16H14N2/c17-9-13-4-3-5-14(8-13)10-18-11-15-6-1-2-7-16(15)12-18/h1-8H,10-12H2. The van der Waals surface area contributed by atoms with Crippen LogP contribution < -0.4 is 0 Å². The van der Waals surface area contributed by atoms with E-state index in [2.05, 4.69) is 41.3 Å². The van der Waals surface area contributed by atoms with Crippen LogP contribution in [0.15, 0.2) is 48.5 Å². The number of hydrogen-bond donors (Lipinski definition) is 0. The summed E-state index contributed by atoms with van der Waals surface area (Å²) in [5.74, 6) is 0. The summed E-state index contributed by atoms with van der Waals surface area (Å²) < 4.78 is 0. The molecule has 2 aromatic rings. The smallest absolute Gasteiger partial charge is 0.0991 e. The second-order valence-electron chi connectivity index (χ2n) is 4.73. The highest BCUT2D eigenvalue weighted by molar-refractivity contribution is 5.34. The van der Waals surface area contributed by atoms with Gasteiger partial charge in [0, 0.05) is 19.6 Å². The van der Waals surface area contributed by atoms with E-state index in [4.69, 9.17) is 5.26 Å². The lowest BCUT2D eigenvalue weighted by Gasteiger charge is -2.14. The predicted molar refractivity (Wildman–Crippen MR) is 70.6 cm³/mol. The Morgan fingerprint density at radius 3 is 2.39 bits per heavy atom. The third-order valence-corrected chi connectivity index (χ3v) is 3.37. The lowest BCUT2D eigenvalue weighted by molar-refractivity contribution is 0.275. The number of nitrogens with zero attached hydrogens (tertiary/aromatic N) is 2. The molecule has 0 aromatic heterocycles. The molecule has 0 bridgehead atoms. The summed E-state index contributed by atoms with van der Waals surface area (Å²) in [5.41, 5.74) is 4.80. The molecule has 0 aliphatic carbocycles. The Hall–Kier alpha value is -2.11. The zero-order chi connectivity index (χ0) is 12.4. The molecule has 88 valence electrons. The molecule has 1 aliphatic heterocycles. The minimum atomic E-state index is 0.740. The van der Waals surface area contributed by atoms with E-state index in [0.717, 1.165) is 25.2 Å². The van der Waals surface area contributed by atoms with E-state index < -0.39 is 0 Å². The van der Waals surface area contributed by atoms with Crippen molar-refractivity contribution in [3.05, 3.63) is 70.8 Å². The highest BCUT2D eigenvalue weighted by Crippen LogP contribution is 2.23. The predicted octanol–water partition coefficient (Wildman–Crippen LogP) is 3.07. The quantitative estimate of drug-likeness (QED) is 0.798. The fourth-order valence-corrected chi connectivity index (χ4v) is 2.51. The van der Waals surface area contributed by atoms with E-state index in [-0.39, 0.29) is 0 Å². The monoisotopic (exact) mass is 234 g/mol. The zero-order valence-electron chi connectivity index (χ0n) is 10.1. The first kappa shape index (κ1) is 11.0. The Morgan fingerprint density at radius 1 is 1.00 bits per heavy atom. The molecule has 0 N–H and O–H groups in total. The Kier molecular flexibility index (Phi) is 2.84. The Balaban J connectivity index is 1.74. The summed E-state index contributed by atoms with van der Waals surface area (Å²) in [5, 5.41) is 8.90. The fourth-order valence-electron chi connectivity index (χ4n) is 2.51. The zero-order valence-corrected chi connectivity index (χ0v) is 10.1. The fraction of sp³-hybridized carbons (Fsp3) is 0.188. The van der Waals surface area contributed by atoms with Crippen LogP contribution in [0, 0.1) is 11.3 Å². The molecule has 18 heavy (non-hydrogen) atoms. The van der Waals surface area contributed by atoms with Gasteiger partial charge in [0.25, 0.3) is 0 Å². The summed E-state index contributed by atoms with van der Waals surface area (Å²) >= 11 is 0. The number of hydrogen-bond acceptors (Lipinski definition) is 2. The lowest BCUT2D eigenvalue weighted by Crippen LogP contribution is -2.15. The lowest BCUT2D eigenvalue weighted by atomic mass is 10.1. The van der Waals surface area contributed by atoms with E-state index in [1.165, 1.54) is 16.7 Å². The first-order valence-electron chi connectivity index (χ1n) is 6.13. The minimum Gasteiger partial charge on any atom is -0.291 e. The molecule has 0 unspecified atom stereocenters. The molecular formula is C16H14N2. The maximum absolute atomic E-state index is 8.90. The van der Waals surface area contributed by atoms with Crippen molar-refractivity contribution in [1.29, 1.82) is 5.26 Å². The van der Waals surface area contributed by atoms with Gasteiger partial charge in [-0.25, -0.2) is 0 Å². The van der Waals surface area contributed by atoms with E-state index >= 15 is 0 Å². The first-order chi connectivity index (χ1) is 8.85. The van der Waals surface area contributed by atoms with Crippen molar-refractivity contribution in [2.75, 3.05) is 0 Å². The number of rotatable bonds is 2. The van der Waals surface area contributed by atoms with Crippen LogP contribution in [0.4, 0.5) is 0 Å². The molecule has 1 aliphatic rings. The van der Waals surface area contributed by atoms with Crippen LogP contribution in [0.2, 0.25) is 0 Å². The molecule has 2 nitrogen and oxygen atoms in total. The van der Waals surface area contributed by atoms with Crippen molar-refractivity contribution in [3.8, 4) is 6.07 Å². The van der Waals surface area contributed by atoms with Crippen molar-refractivity contribution in [3.63, 3.8) is 0 Å². The van der Waals surface area contributed by atoms with Gasteiger partial charge < -0.3 is 0 Å². The number of benzene rings is 2. The molecule has 0 amide bonds. The summed E-state index contributed by atoms with van der Waals surface area (Å²) in [6.07, 6.45) is 0. The van der Waals surface area contributed by atoms with Gasteiger partial charge in [0.15, 0.2) is 0 Å². The van der Waals surface area contributed by atoms with Crippen LogP contribution in [0.3, 0.4) is 0 Å². The maximum atomic E-state index is 8.90. The Bertz CT molecular complexity index is 585. The van der Waals surface area contributed by atoms with Crippen molar-refractivity contribution >= 4 is 0 Å². The molecule has 0 spiro atoms. The second-order valence-corrected chi connectivity index (χ2v) is 4.73. The summed E-state index contributed by atoms with van der Waals surface area (Å²) in [6.45, 7) is 2.92. The van der Waals surface area contributed by atoms with Crippen LogP contribution in [-0.4, -0.2) is 4.90 Å². The second kappa shape index (κ2) is 4.64. The number of nitriles is 1. The van der Waals surface area contributed by atoms with Gasteiger partial charge >= 0.3 is 0 Å². The Labute approximate surface area is 107 Å². The van der Waals surface area contributed by atoms with Crippen molar-refractivity contribution < 1.29 is 0 Å². The average Bonchev–Trinajstić information content (AvgIpc) is 2.81. The van der Waals surface area contributed by atoms with Crippen LogP contribution in [0.5, 0.6) is 0 Å². The normalized spacial score (nSPS) is 14.2. The van der Waals surface area contributed by atoms with E-state index in [1.807, 2.05) is 18.2 Å². The maximum Gasteiger partial charge on any atom is 0.0991 e. The van der Waals surface area contributed by atoms with Crippen molar-refractivity contribution in [2.24, 2.45) is 0 Å². The van der Waals surface area contributed by atoms with Crippen LogP contribution in [-0.2, 0) is 19.6 Å². The molecule has 0 saturated heterocycles. The molecular weight excluding hydrogens is 220 g/mol. The van der Waals surface area contributed by atoms with Crippen molar-refractivity contribution in [2.45, 2.75) is 19.6 Å². The van der Waals surface area contributed by atoms with Gasteiger partial charge in [0.1, 0.15) is 0 Å². The van der Waals surface area contributed by atoms with E-state index in [9.17, 15) is 0 Å². The van der Waals surface area contributed by atoms with Gasteiger partial charge in [0.05, 0.1) is 11.6 Å².